The maximum absolute atomic E-state index is 13.5. The van der Waals surface area contributed by atoms with Gasteiger partial charge < -0.3 is 5.11 Å². The van der Waals surface area contributed by atoms with Gasteiger partial charge in [0.05, 0.1) is 15.2 Å². The van der Waals surface area contributed by atoms with Crippen molar-refractivity contribution >= 4 is 29.3 Å². The van der Waals surface area contributed by atoms with Crippen LogP contribution in [0.15, 0.2) is 33.5 Å². The van der Waals surface area contributed by atoms with Gasteiger partial charge in [-0.25, -0.2) is 13.6 Å². The minimum Gasteiger partial charge on any atom is -0.477 e. The van der Waals surface area contributed by atoms with Crippen LogP contribution in [0.3, 0.4) is 0 Å². The summed E-state index contributed by atoms with van der Waals surface area (Å²) in [5.41, 5.74) is 0.326. The summed E-state index contributed by atoms with van der Waals surface area (Å²) in [6, 6.07) is 0. The summed E-state index contributed by atoms with van der Waals surface area (Å²) >= 11 is 6.26. The highest BCUT2D eigenvalue weighted by Gasteiger charge is 2.38. The van der Waals surface area contributed by atoms with Gasteiger partial charge in [0.2, 0.25) is 0 Å². The van der Waals surface area contributed by atoms with E-state index in [0.717, 1.165) is 17.8 Å². The maximum Gasteiger partial charge on any atom is 0.342 e. The predicted octanol–water partition coefficient (Wildman–Crippen LogP) is 2.77. The van der Waals surface area contributed by atoms with Crippen molar-refractivity contribution in [3.05, 3.63) is 33.5 Å². The third-order valence-corrected chi connectivity index (χ3v) is 3.82. The van der Waals surface area contributed by atoms with Gasteiger partial charge in [0.25, 0.3) is 0 Å². The normalized spacial score (nSPS) is 29.8. The highest BCUT2D eigenvalue weighted by molar-refractivity contribution is 8.05. The molecule has 0 aromatic rings. The van der Waals surface area contributed by atoms with Gasteiger partial charge in [-0.1, -0.05) is 11.6 Å². The van der Waals surface area contributed by atoms with E-state index in [1.807, 2.05) is 0 Å². The molecule has 0 radical (unpaired) electrons. The Labute approximate surface area is 93.3 Å². The molecule has 1 aliphatic heterocycles. The number of fused-ring (bicyclic) bond motifs is 1. The van der Waals surface area contributed by atoms with Crippen molar-refractivity contribution in [2.75, 3.05) is 0 Å². The fourth-order valence-electron chi connectivity index (χ4n) is 1.42. The Morgan fingerprint density at radius 1 is 1.53 bits per heavy atom. The first kappa shape index (κ1) is 10.7. The van der Waals surface area contributed by atoms with Crippen LogP contribution >= 0.6 is 23.4 Å². The van der Waals surface area contributed by atoms with E-state index in [2.05, 4.69) is 0 Å². The van der Waals surface area contributed by atoms with Crippen LogP contribution in [0.4, 0.5) is 8.78 Å². The average molecular weight is 251 g/mol. The van der Waals surface area contributed by atoms with Crippen LogP contribution in [0, 0.1) is 0 Å². The molecule has 0 spiro atoms. The Kier molecular flexibility index (Phi) is 2.60. The third-order valence-electron chi connectivity index (χ3n) is 2.12. The van der Waals surface area contributed by atoms with Crippen LogP contribution in [0.25, 0.3) is 0 Å². The molecule has 1 aliphatic carbocycles. The van der Waals surface area contributed by atoms with Crippen LogP contribution in [-0.2, 0) is 4.79 Å². The van der Waals surface area contributed by atoms with Gasteiger partial charge in [0, 0.05) is 0 Å². The van der Waals surface area contributed by atoms with Crippen molar-refractivity contribution in [3.63, 3.8) is 0 Å². The smallest absolute Gasteiger partial charge is 0.342 e. The van der Waals surface area contributed by atoms with Crippen molar-refractivity contribution in [1.82, 2.24) is 0 Å². The second-order valence-electron chi connectivity index (χ2n) is 3.09. The molecular weight excluding hydrogens is 246 g/mol. The molecule has 2 nitrogen and oxygen atoms in total. The lowest BCUT2D eigenvalue weighted by molar-refractivity contribution is -0.131. The minimum absolute atomic E-state index is 0.00747. The molecule has 0 aromatic heterocycles. The number of aliphatic carboxylic acids is 1. The van der Waals surface area contributed by atoms with Crippen LogP contribution in [-0.4, -0.2) is 22.5 Å². The number of carboxylic acid groups (broad SMARTS) is 1. The van der Waals surface area contributed by atoms with Gasteiger partial charge in [0.15, 0.2) is 6.17 Å². The molecule has 2 atom stereocenters. The summed E-state index contributed by atoms with van der Waals surface area (Å²) in [5.74, 6) is -1.97. The van der Waals surface area contributed by atoms with Gasteiger partial charge in [0.1, 0.15) is 5.83 Å². The number of rotatable bonds is 1. The van der Waals surface area contributed by atoms with E-state index in [1.165, 1.54) is 6.08 Å². The zero-order chi connectivity index (χ0) is 11.2. The van der Waals surface area contributed by atoms with Gasteiger partial charge in [-0.2, -0.15) is 0 Å². The monoisotopic (exact) mass is 250 g/mol. The summed E-state index contributed by atoms with van der Waals surface area (Å²) in [5, 5.41) is 7.48. The van der Waals surface area contributed by atoms with Crippen LogP contribution in [0.5, 0.6) is 0 Å². The molecule has 0 aromatic carbocycles. The molecular formula is C9H5ClF2O2S. The molecule has 2 rings (SSSR count). The molecule has 0 saturated heterocycles. The second-order valence-corrected chi connectivity index (χ2v) is 4.68. The fourth-order valence-corrected chi connectivity index (χ4v) is 2.78. The summed E-state index contributed by atoms with van der Waals surface area (Å²) in [4.78, 5) is 10.6. The lowest BCUT2D eigenvalue weighted by Gasteiger charge is -2.20. The van der Waals surface area contributed by atoms with Crippen LogP contribution < -0.4 is 0 Å². The first-order valence-corrected chi connectivity index (χ1v) is 5.29. The number of alkyl halides is 1. The molecule has 0 amide bonds. The summed E-state index contributed by atoms with van der Waals surface area (Å²) in [7, 11) is 0. The number of carbonyl (C=O) groups is 1. The summed E-state index contributed by atoms with van der Waals surface area (Å²) in [6.07, 6.45) is 0.670. The molecule has 2 aliphatic rings. The van der Waals surface area contributed by atoms with E-state index in [0.29, 0.717) is 5.57 Å². The molecule has 1 heterocycles. The quantitative estimate of drug-likeness (QED) is 0.778. The average Bonchev–Trinajstić information content (AvgIpc) is 2.58. The molecule has 0 bridgehead atoms. The van der Waals surface area contributed by atoms with Crippen molar-refractivity contribution < 1.29 is 18.7 Å². The molecule has 15 heavy (non-hydrogen) atoms. The number of thioether (sulfide) groups is 1. The zero-order valence-corrected chi connectivity index (χ0v) is 8.78. The number of halogens is 3. The fraction of sp³-hybridized carbons (Fsp3) is 0.222. The SMILES string of the molecule is O=C(O)C1=CC2=CC(F)=C(Cl)C(F)C2S1. The van der Waals surface area contributed by atoms with E-state index in [-0.39, 0.29) is 4.91 Å². The van der Waals surface area contributed by atoms with Gasteiger partial charge in [-0.15, -0.1) is 11.8 Å². The van der Waals surface area contributed by atoms with E-state index >= 15 is 0 Å². The second kappa shape index (κ2) is 3.64. The molecule has 0 saturated carbocycles. The largest absolute Gasteiger partial charge is 0.477 e. The molecule has 2 unspecified atom stereocenters. The number of hydrogen-bond donors (Lipinski definition) is 1. The van der Waals surface area contributed by atoms with E-state index in [4.69, 9.17) is 16.7 Å². The summed E-state index contributed by atoms with van der Waals surface area (Å²) < 4.78 is 26.5. The third kappa shape index (κ3) is 1.70. The Morgan fingerprint density at radius 2 is 2.20 bits per heavy atom. The van der Waals surface area contributed by atoms with Crippen molar-refractivity contribution in [2.45, 2.75) is 11.4 Å². The lowest BCUT2D eigenvalue weighted by Crippen LogP contribution is -2.22. The van der Waals surface area contributed by atoms with Gasteiger partial charge >= 0.3 is 5.97 Å². The molecule has 0 fully saturated rings. The first-order valence-electron chi connectivity index (χ1n) is 4.03. The highest BCUT2D eigenvalue weighted by atomic mass is 35.5. The first-order chi connectivity index (χ1) is 7.00. The van der Waals surface area contributed by atoms with Crippen molar-refractivity contribution in [3.8, 4) is 0 Å². The lowest BCUT2D eigenvalue weighted by atomic mass is 10.0. The molecule has 1 N–H and O–H groups in total. The van der Waals surface area contributed by atoms with E-state index in [1.54, 1.807) is 0 Å². The predicted molar refractivity (Wildman–Crippen MR) is 54.1 cm³/mol. The molecule has 6 heteroatoms. The number of hydrogen-bond acceptors (Lipinski definition) is 2. The number of carboxylic acids is 1. The van der Waals surface area contributed by atoms with E-state index in [9.17, 15) is 13.6 Å². The van der Waals surface area contributed by atoms with Gasteiger partial charge in [-0.05, 0) is 17.7 Å². The van der Waals surface area contributed by atoms with Crippen LogP contribution in [0.1, 0.15) is 0 Å². The van der Waals surface area contributed by atoms with Crippen LogP contribution in [0.2, 0.25) is 0 Å². The van der Waals surface area contributed by atoms with Crippen molar-refractivity contribution in [1.29, 1.82) is 0 Å². The zero-order valence-electron chi connectivity index (χ0n) is 7.21. The Bertz CT molecular complexity index is 428. The summed E-state index contributed by atoms with van der Waals surface area (Å²) in [6.45, 7) is 0. The Balaban J connectivity index is 2.38. The minimum atomic E-state index is -1.68. The Hall–Kier alpha value is -0.810. The van der Waals surface area contributed by atoms with E-state index < -0.39 is 28.3 Å². The van der Waals surface area contributed by atoms with Crippen molar-refractivity contribution in [2.24, 2.45) is 0 Å². The Morgan fingerprint density at radius 3 is 2.80 bits per heavy atom. The maximum atomic E-state index is 13.5. The van der Waals surface area contributed by atoms with Gasteiger partial charge in [-0.3, -0.25) is 0 Å². The molecule has 80 valence electrons. The highest BCUT2D eigenvalue weighted by Crippen LogP contribution is 2.45. The topological polar surface area (TPSA) is 37.3 Å². The standard InChI is InChI=1S/C9H5ClF2O2S/c10-6-4(11)1-3-2-5(9(13)14)15-8(3)7(6)12/h1-2,7-8H,(H,13,14). The number of allylic oxidation sites excluding steroid dienone is 4.